The van der Waals surface area contributed by atoms with Gasteiger partial charge in [0.05, 0.1) is 0 Å². The number of aromatic nitrogens is 2. The molecule has 1 aromatic heterocycles. The summed E-state index contributed by atoms with van der Waals surface area (Å²) in [5.41, 5.74) is 0.544. The molecule has 4 N–H and O–H groups in total. The number of carbonyl (C=O) groups is 1. The zero-order valence-corrected chi connectivity index (χ0v) is 11.4. The van der Waals surface area contributed by atoms with Gasteiger partial charge in [0, 0.05) is 18.5 Å². The molecule has 0 saturated heterocycles. The van der Waals surface area contributed by atoms with Crippen LogP contribution in [0, 0.1) is 0 Å². The first-order valence-electron chi connectivity index (χ1n) is 6.31. The van der Waals surface area contributed by atoms with Crippen LogP contribution in [0.2, 0.25) is 0 Å². The van der Waals surface area contributed by atoms with E-state index in [1.54, 1.807) is 0 Å². The van der Waals surface area contributed by atoms with Crippen LogP contribution >= 0.6 is 0 Å². The Morgan fingerprint density at radius 3 is 2.05 bits per heavy atom. The van der Waals surface area contributed by atoms with Gasteiger partial charge in [-0.15, -0.1) is 0 Å². The number of benzene rings is 1. The van der Waals surface area contributed by atoms with Crippen molar-refractivity contribution >= 4 is 18.1 Å². The Bertz CT molecular complexity index is 787. The minimum atomic E-state index is -1.34. The van der Waals surface area contributed by atoms with E-state index in [1.165, 1.54) is 11.1 Å². The van der Waals surface area contributed by atoms with E-state index in [-0.39, 0.29) is 0 Å². The molecule has 0 aliphatic carbocycles. The van der Waals surface area contributed by atoms with E-state index >= 15 is 0 Å². The third-order valence-electron chi connectivity index (χ3n) is 2.71. The highest BCUT2D eigenvalue weighted by atomic mass is 16.4. The summed E-state index contributed by atoms with van der Waals surface area (Å²) in [7, 11) is 0. The van der Waals surface area contributed by atoms with Crippen molar-refractivity contribution in [2.24, 2.45) is 0 Å². The van der Waals surface area contributed by atoms with Gasteiger partial charge in [-0.2, -0.15) is 0 Å². The fourth-order valence-electron chi connectivity index (χ4n) is 1.73. The van der Waals surface area contributed by atoms with Gasteiger partial charge in [-0.1, -0.05) is 24.3 Å². The molecule has 3 rings (SSSR count). The van der Waals surface area contributed by atoms with E-state index in [4.69, 9.17) is 5.11 Å². The van der Waals surface area contributed by atoms with Gasteiger partial charge in [0.15, 0.2) is 0 Å². The second kappa shape index (κ2) is 6.89. The Labute approximate surface area is 124 Å². The lowest BCUT2D eigenvalue weighted by atomic mass is 10.1. The minimum absolute atomic E-state index is 0.418. The number of hydrogen-bond acceptors (Lipinski definition) is 4. The van der Waals surface area contributed by atoms with E-state index in [0.717, 1.165) is 6.07 Å². The average Bonchev–Trinajstić information content (AvgIpc) is 2.72. The van der Waals surface area contributed by atoms with Crippen LogP contribution in [-0.4, -0.2) is 21.0 Å². The summed E-state index contributed by atoms with van der Waals surface area (Å²) in [5, 5.41) is 11.3. The number of nitrogens with one attached hydrogen (secondary N) is 3. The molecule has 1 aliphatic heterocycles. The third kappa shape index (κ3) is 4.07. The molecule has 0 radical (unpaired) electrons. The van der Waals surface area contributed by atoms with Crippen LogP contribution < -0.4 is 16.6 Å². The van der Waals surface area contributed by atoms with Crippen LogP contribution in [0.15, 0.2) is 52.3 Å². The summed E-state index contributed by atoms with van der Waals surface area (Å²) in [4.78, 5) is 34.9. The van der Waals surface area contributed by atoms with Crippen molar-refractivity contribution < 1.29 is 9.90 Å². The predicted octanol–water partition coefficient (Wildman–Crippen LogP) is 0.993. The number of H-pyrrole nitrogens is 2. The van der Waals surface area contributed by atoms with Crippen molar-refractivity contribution in [2.75, 3.05) is 0 Å². The molecule has 1 aromatic carbocycles. The van der Waals surface area contributed by atoms with Crippen molar-refractivity contribution in [3.05, 3.63) is 80.4 Å². The molecule has 2 heterocycles. The Kier molecular flexibility index (Phi) is 4.71. The van der Waals surface area contributed by atoms with Gasteiger partial charge < -0.3 is 15.4 Å². The Hall–Kier alpha value is -3.35. The van der Waals surface area contributed by atoms with E-state index in [9.17, 15) is 14.4 Å². The first-order valence-corrected chi connectivity index (χ1v) is 6.31. The summed E-state index contributed by atoms with van der Waals surface area (Å²) >= 11 is 0. The number of aromatic carboxylic acids is 1. The van der Waals surface area contributed by atoms with Crippen molar-refractivity contribution in [3.63, 3.8) is 0 Å². The lowest BCUT2D eigenvalue weighted by molar-refractivity contribution is 0.0689. The molecule has 7 heteroatoms. The number of carboxylic acids is 1. The van der Waals surface area contributed by atoms with Gasteiger partial charge in [0.25, 0.3) is 5.56 Å². The van der Waals surface area contributed by atoms with Gasteiger partial charge in [0.2, 0.25) is 0 Å². The summed E-state index contributed by atoms with van der Waals surface area (Å²) in [5.74, 6) is -1.34. The van der Waals surface area contributed by atoms with E-state index in [2.05, 4.69) is 29.6 Å². The maximum Gasteiger partial charge on any atom is 0.352 e. The summed E-state index contributed by atoms with van der Waals surface area (Å²) in [6.07, 6.45) is 8.00. The molecule has 1 aliphatic rings. The lowest BCUT2D eigenvalue weighted by Gasteiger charge is -1.95. The fourth-order valence-corrected chi connectivity index (χ4v) is 1.73. The smallest absolute Gasteiger partial charge is 0.352 e. The molecule has 0 fully saturated rings. The fraction of sp³-hybridized carbons (Fsp3) is 0. The molecular weight excluding hydrogens is 286 g/mol. The molecule has 0 atom stereocenters. The zero-order chi connectivity index (χ0) is 15.9. The van der Waals surface area contributed by atoms with Crippen LogP contribution in [0.3, 0.4) is 0 Å². The molecule has 0 unspecified atom stereocenters. The van der Waals surface area contributed by atoms with Gasteiger partial charge in [-0.05, 0) is 23.3 Å². The normalized spacial score (nSPS) is 11.5. The highest BCUT2D eigenvalue weighted by molar-refractivity contribution is 5.84. The predicted molar refractivity (Wildman–Crippen MR) is 82.3 cm³/mol. The third-order valence-corrected chi connectivity index (χ3v) is 2.71. The molecule has 2 aromatic rings. The van der Waals surface area contributed by atoms with Gasteiger partial charge >= 0.3 is 11.7 Å². The van der Waals surface area contributed by atoms with Crippen molar-refractivity contribution in [2.45, 2.75) is 0 Å². The second-order valence-electron chi connectivity index (χ2n) is 4.27. The highest BCUT2D eigenvalue weighted by Crippen LogP contribution is 2.13. The quantitative estimate of drug-likeness (QED) is 0.627. The molecular formula is C15H13N3O4. The van der Waals surface area contributed by atoms with Crippen LogP contribution in [0.5, 0.6) is 0 Å². The summed E-state index contributed by atoms with van der Waals surface area (Å²) in [6.45, 7) is 0. The van der Waals surface area contributed by atoms with Crippen molar-refractivity contribution in [3.8, 4) is 0 Å². The van der Waals surface area contributed by atoms with Crippen LogP contribution in [0.4, 0.5) is 0 Å². The monoisotopic (exact) mass is 299 g/mol. The van der Waals surface area contributed by atoms with Crippen LogP contribution in [0.1, 0.15) is 21.6 Å². The molecule has 0 amide bonds. The van der Waals surface area contributed by atoms with Crippen LogP contribution in [-0.2, 0) is 0 Å². The van der Waals surface area contributed by atoms with E-state index < -0.39 is 22.9 Å². The maximum atomic E-state index is 10.5. The standard InChI is InChI=1S/C10H9N.C5H4N2O4/c1-2-4-10-6-8-11-7-5-9(10)3-1;8-3-1-2(4(9)10)6-5(11)7-3/h1-8,11H;1H,(H,9,10)(H2,6,7,8,11). The first kappa shape index (κ1) is 15.0. The van der Waals surface area contributed by atoms with E-state index in [0.29, 0.717) is 0 Å². The topological polar surface area (TPSA) is 115 Å². The number of fused-ring (bicyclic) bond motifs is 1. The number of carboxylic acid groups (broad SMARTS) is 1. The molecule has 22 heavy (non-hydrogen) atoms. The average molecular weight is 299 g/mol. The van der Waals surface area contributed by atoms with Gasteiger partial charge in [0.1, 0.15) is 5.69 Å². The minimum Gasteiger partial charge on any atom is -0.477 e. The number of rotatable bonds is 1. The number of hydrogen-bond donors (Lipinski definition) is 4. The second-order valence-corrected chi connectivity index (χ2v) is 4.27. The largest absolute Gasteiger partial charge is 0.477 e. The highest BCUT2D eigenvalue weighted by Gasteiger charge is 2.03. The lowest BCUT2D eigenvalue weighted by Crippen LogP contribution is -2.24. The van der Waals surface area contributed by atoms with E-state index in [1.807, 2.05) is 34.5 Å². The first-order chi connectivity index (χ1) is 10.6. The Morgan fingerprint density at radius 1 is 0.955 bits per heavy atom. The maximum absolute atomic E-state index is 10.5. The number of aromatic amines is 2. The van der Waals surface area contributed by atoms with Gasteiger partial charge in [-0.25, -0.2) is 9.59 Å². The molecule has 0 spiro atoms. The van der Waals surface area contributed by atoms with Crippen molar-refractivity contribution in [1.82, 2.24) is 15.3 Å². The summed E-state index contributed by atoms with van der Waals surface area (Å²) in [6, 6.07) is 9.08. The Balaban J connectivity index is 0.000000160. The van der Waals surface area contributed by atoms with Crippen molar-refractivity contribution in [1.29, 1.82) is 0 Å². The van der Waals surface area contributed by atoms with Crippen LogP contribution in [0.25, 0.3) is 12.2 Å². The Morgan fingerprint density at radius 2 is 1.55 bits per heavy atom. The zero-order valence-electron chi connectivity index (χ0n) is 11.4. The molecule has 7 nitrogen and oxygen atoms in total. The van der Waals surface area contributed by atoms with Gasteiger partial charge in [-0.3, -0.25) is 9.78 Å². The SMILES string of the molecule is C1=Cc2ccccc2C=CN1.O=C(O)c1cc(=O)[nH]c(=O)[nH]1. The molecule has 112 valence electrons. The summed E-state index contributed by atoms with van der Waals surface area (Å²) < 4.78 is 0. The molecule has 0 saturated carbocycles. The molecule has 0 bridgehead atoms.